The quantitative estimate of drug-likeness (QED) is 0.429. The average molecular weight is 456 g/mol. The number of ether oxygens (including phenoxy) is 1. The fraction of sp³-hybridized carbons (Fsp3) is 0.143. The summed E-state index contributed by atoms with van der Waals surface area (Å²) in [7, 11) is 1.59. The average Bonchev–Trinajstić information content (AvgIpc) is 3.15. The molecule has 0 aliphatic carbocycles. The van der Waals surface area contributed by atoms with E-state index in [1.807, 2.05) is 19.1 Å². The fourth-order valence-corrected chi connectivity index (χ4v) is 3.84. The largest absolute Gasteiger partial charge is 0.497 e. The number of carbonyl (C=O) groups is 1. The molecule has 0 radical (unpaired) electrons. The summed E-state index contributed by atoms with van der Waals surface area (Å²) < 4.78 is 6.65. The van der Waals surface area contributed by atoms with E-state index in [0.717, 1.165) is 11.1 Å². The molecule has 0 fully saturated rings. The Morgan fingerprint density at radius 3 is 2.74 bits per heavy atom. The number of nitrogens with one attached hydrogen (secondary N) is 2. The lowest BCUT2D eigenvalue weighted by Gasteiger charge is -2.10. The predicted octanol–water partition coefficient (Wildman–Crippen LogP) is 3.79. The molecular weight excluding hydrogens is 438 g/mol. The maximum absolute atomic E-state index is 12.5. The van der Waals surface area contributed by atoms with E-state index in [0.29, 0.717) is 33.1 Å². The molecule has 2 heterocycles. The molecule has 1 amide bonds. The summed E-state index contributed by atoms with van der Waals surface area (Å²) in [6.45, 7) is 1.84. The minimum Gasteiger partial charge on any atom is -0.497 e. The van der Waals surface area contributed by atoms with Crippen LogP contribution in [-0.2, 0) is 4.79 Å². The van der Waals surface area contributed by atoms with Crippen LogP contribution < -0.4 is 15.6 Å². The van der Waals surface area contributed by atoms with Gasteiger partial charge in [-0.05, 0) is 48.9 Å². The van der Waals surface area contributed by atoms with Crippen molar-refractivity contribution in [2.24, 2.45) is 0 Å². The SMILES string of the molecule is COc1ccc(-c2nc(SCC(=O)Nc3cccc(Cl)c3C)n3[nH]c(=O)cc3n2)cc1. The van der Waals surface area contributed by atoms with E-state index in [1.165, 1.54) is 22.3 Å². The van der Waals surface area contributed by atoms with Gasteiger partial charge in [0.2, 0.25) is 5.91 Å². The minimum absolute atomic E-state index is 0.0837. The highest BCUT2D eigenvalue weighted by Crippen LogP contribution is 2.25. The number of hydrogen-bond donors (Lipinski definition) is 2. The summed E-state index contributed by atoms with van der Waals surface area (Å²) in [5, 5.41) is 6.53. The molecule has 2 aromatic carbocycles. The van der Waals surface area contributed by atoms with Gasteiger partial charge in [-0.3, -0.25) is 14.7 Å². The van der Waals surface area contributed by atoms with Crippen LogP contribution in [0.15, 0.2) is 58.5 Å². The number of benzene rings is 2. The molecule has 0 bridgehead atoms. The molecule has 0 aliphatic rings. The lowest BCUT2D eigenvalue weighted by molar-refractivity contribution is -0.113. The van der Waals surface area contributed by atoms with Gasteiger partial charge in [0, 0.05) is 22.3 Å². The van der Waals surface area contributed by atoms with Crippen molar-refractivity contribution in [2.45, 2.75) is 12.1 Å². The number of nitrogens with zero attached hydrogens (tertiary/aromatic N) is 3. The Morgan fingerprint density at radius 2 is 2.00 bits per heavy atom. The van der Waals surface area contributed by atoms with Gasteiger partial charge in [0.05, 0.1) is 12.9 Å². The fourth-order valence-electron chi connectivity index (χ4n) is 2.91. The smallest absolute Gasteiger partial charge is 0.266 e. The molecule has 0 unspecified atom stereocenters. The van der Waals surface area contributed by atoms with Gasteiger partial charge < -0.3 is 10.1 Å². The molecule has 4 rings (SSSR count). The Kier molecular flexibility index (Phi) is 5.97. The van der Waals surface area contributed by atoms with E-state index >= 15 is 0 Å². The molecule has 0 spiro atoms. The highest BCUT2D eigenvalue weighted by Gasteiger charge is 2.14. The molecule has 0 atom stereocenters. The predicted molar refractivity (Wildman–Crippen MR) is 121 cm³/mol. The first-order chi connectivity index (χ1) is 14.9. The third-order valence-corrected chi connectivity index (χ3v) is 5.89. The molecule has 0 aliphatic heterocycles. The number of anilines is 1. The van der Waals surface area contributed by atoms with E-state index < -0.39 is 0 Å². The van der Waals surface area contributed by atoms with Gasteiger partial charge in [-0.2, -0.15) is 0 Å². The molecule has 10 heteroatoms. The summed E-state index contributed by atoms with van der Waals surface area (Å²) >= 11 is 7.30. The molecule has 2 N–H and O–H groups in total. The zero-order valence-electron chi connectivity index (χ0n) is 16.7. The van der Waals surface area contributed by atoms with Crippen LogP contribution in [0.5, 0.6) is 5.75 Å². The third kappa shape index (κ3) is 4.57. The number of thioether (sulfide) groups is 1. The van der Waals surface area contributed by atoms with Crippen LogP contribution >= 0.6 is 23.4 Å². The third-order valence-electron chi connectivity index (χ3n) is 4.55. The Bertz CT molecular complexity index is 1320. The Balaban J connectivity index is 1.59. The number of aromatic nitrogens is 4. The Labute approximate surface area is 186 Å². The number of rotatable bonds is 6. The zero-order valence-corrected chi connectivity index (χ0v) is 18.3. The molecule has 2 aromatic heterocycles. The van der Waals surface area contributed by atoms with Crippen molar-refractivity contribution in [3.05, 3.63) is 69.5 Å². The van der Waals surface area contributed by atoms with Crippen LogP contribution in [-0.4, -0.2) is 38.4 Å². The van der Waals surface area contributed by atoms with Crippen LogP contribution in [0.4, 0.5) is 5.69 Å². The van der Waals surface area contributed by atoms with Crippen molar-refractivity contribution in [1.29, 1.82) is 0 Å². The van der Waals surface area contributed by atoms with Crippen LogP contribution in [0.2, 0.25) is 5.02 Å². The number of H-pyrrole nitrogens is 1. The van der Waals surface area contributed by atoms with Crippen molar-refractivity contribution < 1.29 is 9.53 Å². The maximum Gasteiger partial charge on any atom is 0.266 e. The molecule has 31 heavy (non-hydrogen) atoms. The van der Waals surface area contributed by atoms with Gasteiger partial charge in [0.25, 0.3) is 5.56 Å². The second-order valence-electron chi connectivity index (χ2n) is 6.62. The first-order valence-corrected chi connectivity index (χ1v) is 10.6. The summed E-state index contributed by atoms with van der Waals surface area (Å²) in [6.07, 6.45) is 0. The number of methoxy groups -OCH3 is 1. The number of halogens is 1. The monoisotopic (exact) mass is 455 g/mol. The molecular formula is C21H18ClN5O3S. The molecule has 0 saturated heterocycles. The van der Waals surface area contributed by atoms with Crippen molar-refractivity contribution in [1.82, 2.24) is 19.6 Å². The van der Waals surface area contributed by atoms with Crippen LogP contribution in [0, 0.1) is 6.92 Å². The van der Waals surface area contributed by atoms with Crippen molar-refractivity contribution >= 4 is 40.6 Å². The highest BCUT2D eigenvalue weighted by molar-refractivity contribution is 7.99. The van der Waals surface area contributed by atoms with Crippen LogP contribution in [0.3, 0.4) is 0 Å². The molecule has 8 nitrogen and oxygen atoms in total. The van der Waals surface area contributed by atoms with Crippen molar-refractivity contribution in [2.75, 3.05) is 18.2 Å². The summed E-state index contributed by atoms with van der Waals surface area (Å²) in [5.41, 5.74) is 2.32. The number of hydrogen-bond acceptors (Lipinski definition) is 6. The number of carbonyl (C=O) groups excluding carboxylic acids is 1. The standard InChI is InChI=1S/C21H18ClN5O3S/c1-12-15(22)4-3-5-16(12)23-19(29)11-31-21-25-20(13-6-8-14(30-2)9-7-13)24-17-10-18(28)26-27(17)21/h3-10H,11H2,1-2H3,(H,23,29)(H,26,28). The summed E-state index contributed by atoms with van der Waals surface area (Å²) in [4.78, 5) is 33.4. The maximum atomic E-state index is 12.5. The van der Waals surface area contributed by atoms with E-state index in [2.05, 4.69) is 20.4 Å². The van der Waals surface area contributed by atoms with Gasteiger partial charge in [-0.1, -0.05) is 29.4 Å². The topological polar surface area (TPSA) is 101 Å². The van der Waals surface area contributed by atoms with Gasteiger partial charge in [0.15, 0.2) is 16.6 Å². The highest BCUT2D eigenvalue weighted by atomic mass is 35.5. The number of amides is 1. The van der Waals surface area contributed by atoms with Gasteiger partial charge in [-0.25, -0.2) is 14.5 Å². The first-order valence-electron chi connectivity index (χ1n) is 9.26. The van der Waals surface area contributed by atoms with E-state index in [1.54, 1.807) is 37.4 Å². The lowest BCUT2D eigenvalue weighted by atomic mass is 10.2. The van der Waals surface area contributed by atoms with E-state index in [9.17, 15) is 9.59 Å². The second-order valence-corrected chi connectivity index (χ2v) is 7.97. The van der Waals surface area contributed by atoms with Gasteiger partial charge in [0.1, 0.15) is 5.75 Å². The Hall–Kier alpha value is -3.30. The van der Waals surface area contributed by atoms with E-state index in [4.69, 9.17) is 16.3 Å². The normalized spacial score (nSPS) is 10.9. The van der Waals surface area contributed by atoms with E-state index in [-0.39, 0.29) is 17.2 Å². The van der Waals surface area contributed by atoms with Crippen molar-refractivity contribution in [3.8, 4) is 17.1 Å². The summed E-state index contributed by atoms with van der Waals surface area (Å²) in [5.74, 6) is 1.02. The second kappa shape index (κ2) is 8.83. The number of aromatic amines is 1. The Morgan fingerprint density at radius 1 is 1.23 bits per heavy atom. The molecule has 158 valence electrons. The zero-order chi connectivity index (χ0) is 22.0. The van der Waals surface area contributed by atoms with Crippen LogP contribution in [0.25, 0.3) is 17.0 Å². The molecule has 0 saturated carbocycles. The van der Waals surface area contributed by atoms with Crippen molar-refractivity contribution in [3.63, 3.8) is 0 Å². The summed E-state index contributed by atoms with van der Waals surface area (Å²) in [6, 6.07) is 14.0. The van der Waals surface area contributed by atoms with Gasteiger partial charge >= 0.3 is 0 Å². The molecule has 4 aromatic rings. The number of fused-ring (bicyclic) bond motifs is 1. The van der Waals surface area contributed by atoms with Crippen LogP contribution in [0.1, 0.15) is 5.56 Å². The minimum atomic E-state index is -0.304. The first kappa shape index (κ1) is 21.0. The lowest BCUT2D eigenvalue weighted by Crippen LogP contribution is -2.16. The van der Waals surface area contributed by atoms with Gasteiger partial charge in [-0.15, -0.1) is 0 Å².